The van der Waals surface area contributed by atoms with Crippen LogP contribution in [0.2, 0.25) is 0 Å². The van der Waals surface area contributed by atoms with Crippen LogP contribution >= 0.6 is 0 Å². The highest BCUT2D eigenvalue weighted by Crippen LogP contribution is 2.25. The number of fused-ring (bicyclic) bond motifs is 1. The first kappa shape index (κ1) is 18.3. The molecular weight excluding hydrogens is 300 g/mol. The van der Waals surface area contributed by atoms with Gasteiger partial charge in [0.2, 0.25) is 0 Å². The Morgan fingerprint density at radius 2 is 1.88 bits per heavy atom. The molecule has 1 aromatic rings. The van der Waals surface area contributed by atoms with E-state index < -0.39 is 0 Å². The van der Waals surface area contributed by atoms with Gasteiger partial charge in [0.05, 0.1) is 0 Å². The fourth-order valence-electron chi connectivity index (χ4n) is 2.72. The predicted octanol–water partition coefficient (Wildman–Crippen LogP) is 2.92. The molecule has 1 aliphatic carbocycles. The van der Waals surface area contributed by atoms with Gasteiger partial charge in [0.1, 0.15) is 0 Å². The summed E-state index contributed by atoms with van der Waals surface area (Å²) in [5.41, 5.74) is 2.68. The maximum absolute atomic E-state index is 12.7. The van der Waals surface area contributed by atoms with E-state index >= 15 is 0 Å². The summed E-state index contributed by atoms with van der Waals surface area (Å²) in [5.74, 6) is -0.0162. The molecule has 0 bridgehead atoms. The van der Waals surface area contributed by atoms with E-state index in [1.165, 1.54) is 0 Å². The first-order chi connectivity index (χ1) is 11.7. The minimum atomic E-state index is -0.0332. The number of allylic oxidation sites excluding steroid dienone is 1. The maximum Gasteiger partial charge on any atom is 0.190 e. The van der Waals surface area contributed by atoms with Gasteiger partial charge in [-0.05, 0) is 25.1 Å². The van der Waals surface area contributed by atoms with Gasteiger partial charge in [-0.15, -0.1) is 0 Å². The third kappa shape index (κ3) is 4.73. The van der Waals surface area contributed by atoms with Gasteiger partial charge in [-0.25, -0.2) is 0 Å². The normalized spacial score (nSPS) is 16.6. The Labute approximate surface area is 144 Å². The number of hydrogen-bond acceptors (Lipinski definition) is 4. The van der Waals surface area contributed by atoms with Gasteiger partial charge in [-0.1, -0.05) is 50.3 Å². The Balaban J connectivity index is 2.22. The van der Waals surface area contributed by atoms with E-state index in [0.29, 0.717) is 23.2 Å². The zero-order chi connectivity index (χ0) is 17.4. The summed E-state index contributed by atoms with van der Waals surface area (Å²) < 4.78 is 0. The van der Waals surface area contributed by atoms with Gasteiger partial charge in [-0.2, -0.15) is 0 Å². The lowest BCUT2D eigenvalue weighted by molar-refractivity contribution is 0.0935. The summed E-state index contributed by atoms with van der Waals surface area (Å²) in [7, 11) is 0. The van der Waals surface area contributed by atoms with E-state index in [-0.39, 0.29) is 18.0 Å². The summed E-state index contributed by atoms with van der Waals surface area (Å²) in [6.07, 6.45) is 5.24. The van der Waals surface area contributed by atoms with Gasteiger partial charge in [0.25, 0.3) is 0 Å². The van der Waals surface area contributed by atoms with Crippen molar-refractivity contribution in [1.82, 2.24) is 10.6 Å². The van der Waals surface area contributed by atoms with Gasteiger partial charge in [0.15, 0.2) is 11.6 Å². The van der Waals surface area contributed by atoms with Crippen molar-refractivity contribution in [3.8, 4) is 0 Å². The van der Waals surface area contributed by atoms with Crippen molar-refractivity contribution in [2.24, 2.45) is 0 Å². The van der Waals surface area contributed by atoms with Crippen LogP contribution in [0.1, 0.15) is 47.4 Å². The van der Waals surface area contributed by atoms with Gasteiger partial charge in [-0.3, -0.25) is 9.59 Å². The lowest BCUT2D eigenvalue weighted by Crippen LogP contribution is -2.22. The lowest BCUT2D eigenvalue weighted by Gasteiger charge is -2.17. The Kier molecular flexibility index (Phi) is 7.09. The fraction of sp³-hybridized carbons (Fsp3) is 0.400. The van der Waals surface area contributed by atoms with Crippen LogP contribution in [0.15, 0.2) is 47.6 Å². The second kappa shape index (κ2) is 9.30. The molecule has 2 rings (SSSR count). The number of benzene rings is 1. The molecule has 4 nitrogen and oxygen atoms in total. The van der Waals surface area contributed by atoms with Crippen molar-refractivity contribution >= 4 is 11.6 Å². The van der Waals surface area contributed by atoms with Crippen LogP contribution in [0, 0.1) is 0 Å². The molecule has 0 unspecified atom stereocenters. The third-order valence-electron chi connectivity index (χ3n) is 3.99. The van der Waals surface area contributed by atoms with Crippen molar-refractivity contribution in [2.75, 3.05) is 26.2 Å². The van der Waals surface area contributed by atoms with Crippen LogP contribution in [0.5, 0.6) is 0 Å². The van der Waals surface area contributed by atoms with Crippen LogP contribution in [0.4, 0.5) is 0 Å². The molecule has 0 fully saturated rings. The molecular formula is C20H26N2O2. The zero-order valence-electron chi connectivity index (χ0n) is 14.5. The maximum atomic E-state index is 12.7. The smallest absolute Gasteiger partial charge is 0.190 e. The Hall–Kier alpha value is -2.04. The van der Waals surface area contributed by atoms with E-state index in [1.54, 1.807) is 24.3 Å². The molecule has 128 valence electrons. The average molecular weight is 326 g/mol. The molecule has 0 amide bonds. The number of carbonyl (C=O) groups is 2. The van der Waals surface area contributed by atoms with E-state index in [4.69, 9.17) is 0 Å². The molecule has 0 heterocycles. The monoisotopic (exact) mass is 326 g/mol. The van der Waals surface area contributed by atoms with Crippen molar-refractivity contribution < 1.29 is 9.59 Å². The molecule has 0 radical (unpaired) electrons. The highest BCUT2D eigenvalue weighted by atomic mass is 16.1. The van der Waals surface area contributed by atoms with E-state index in [0.717, 1.165) is 31.6 Å². The summed E-state index contributed by atoms with van der Waals surface area (Å²) in [6.45, 7) is 7.45. The van der Waals surface area contributed by atoms with Crippen LogP contribution < -0.4 is 10.6 Å². The molecule has 0 aromatic heterocycles. The minimum Gasteiger partial charge on any atom is -0.313 e. The molecule has 0 saturated heterocycles. The van der Waals surface area contributed by atoms with Gasteiger partial charge >= 0.3 is 0 Å². The summed E-state index contributed by atoms with van der Waals surface area (Å²) in [5, 5.41) is 6.62. The number of carbonyl (C=O) groups excluding carboxylic acids is 2. The van der Waals surface area contributed by atoms with Crippen molar-refractivity contribution in [1.29, 1.82) is 0 Å². The highest BCUT2D eigenvalue weighted by Gasteiger charge is 2.27. The zero-order valence-corrected chi connectivity index (χ0v) is 14.5. The van der Waals surface area contributed by atoms with Crippen LogP contribution in [0.25, 0.3) is 0 Å². The first-order valence-corrected chi connectivity index (χ1v) is 8.65. The van der Waals surface area contributed by atoms with Crippen molar-refractivity contribution in [3.63, 3.8) is 0 Å². The summed E-state index contributed by atoms with van der Waals surface area (Å²) in [6, 6.07) is 7.07. The van der Waals surface area contributed by atoms with Gasteiger partial charge < -0.3 is 10.6 Å². The van der Waals surface area contributed by atoms with Crippen molar-refractivity contribution in [3.05, 3.63) is 58.7 Å². The summed E-state index contributed by atoms with van der Waals surface area (Å²) >= 11 is 0. The Morgan fingerprint density at radius 3 is 2.58 bits per heavy atom. The third-order valence-corrected chi connectivity index (χ3v) is 3.99. The van der Waals surface area contributed by atoms with E-state index in [2.05, 4.69) is 23.6 Å². The standard InChI is InChI=1S/C20H26N2O2/c1-3-10-22-11-9-15(14-21-4-2)12-16-13-19(23)17-7-5-6-8-18(17)20(16)24/h5-9,12,21-22H,3-4,10-11,13-14H2,1-2H3/b15-9-,16-12+. The number of ketones is 2. The van der Waals surface area contributed by atoms with Crippen molar-refractivity contribution in [2.45, 2.75) is 26.7 Å². The number of Topliss-reactive ketones (excluding diaryl/α,β-unsaturated/α-hetero) is 2. The SMILES string of the molecule is CCCNC/C=C(/C=C1\CC(=O)c2ccccc2C1=O)CNCC. The molecule has 4 heteroatoms. The highest BCUT2D eigenvalue weighted by molar-refractivity contribution is 6.22. The van der Waals surface area contributed by atoms with Crippen LogP contribution in [-0.2, 0) is 0 Å². The van der Waals surface area contributed by atoms with E-state index in [1.807, 2.05) is 13.0 Å². The molecule has 0 aliphatic heterocycles. The molecule has 0 spiro atoms. The Morgan fingerprint density at radius 1 is 1.12 bits per heavy atom. The topological polar surface area (TPSA) is 58.2 Å². The quantitative estimate of drug-likeness (QED) is 0.570. The van der Waals surface area contributed by atoms with Crippen LogP contribution in [0.3, 0.4) is 0 Å². The largest absolute Gasteiger partial charge is 0.313 e. The molecule has 2 N–H and O–H groups in total. The Bertz CT molecular complexity index is 659. The number of hydrogen-bond donors (Lipinski definition) is 2. The number of likely N-dealkylation sites (N-methyl/N-ethyl adjacent to an activating group) is 1. The number of nitrogens with one attached hydrogen (secondary N) is 2. The second-order valence-electron chi connectivity index (χ2n) is 5.91. The fourth-order valence-corrected chi connectivity index (χ4v) is 2.72. The average Bonchev–Trinajstić information content (AvgIpc) is 2.60. The molecule has 0 atom stereocenters. The first-order valence-electron chi connectivity index (χ1n) is 8.65. The molecule has 0 saturated carbocycles. The molecule has 1 aliphatic rings. The molecule has 1 aromatic carbocycles. The van der Waals surface area contributed by atoms with Gasteiger partial charge in [0, 0.05) is 36.2 Å². The van der Waals surface area contributed by atoms with Crippen LogP contribution in [-0.4, -0.2) is 37.7 Å². The minimum absolute atomic E-state index is 0.0170. The summed E-state index contributed by atoms with van der Waals surface area (Å²) in [4.78, 5) is 25.0. The number of rotatable bonds is 8. The molecule has 24 heavy (non-hydrogen) atoms. The second-order valence-corrected chi connectivity index (χ2v) is 5.91. The van der Waals surface area contributed by atoms with E-state index in [9.17, 15) is 9.59 Å². The lowest BCUT2D eigenvalue weighted by atomic mass is 9.85. The predicted molar refractivity (Wildman–Crippen MR) is 97.6 cm³/mol.